The van der Waals surface area contributed by atoms with Crippen LogP contribution in [0.3, 0.4) is 0 Å². The Morgan fingerprint density at radius 3 is 3.13 bits per heavy atom. The molecule has 0 aliphatic carbocycles. The van der Waals surface area contributed by atoms with Crippen LogP contribution in [0.5, 0.6) is 0 Å². The van der Waals surface area contributed by atoms with Crippen molar-refractivity contribution in [1.29, 1.82) is 0 Å². The van der Waals surface area contributed by atoms with Gasteiger partial charge in [0.05, 0.1) is 6.33 Å². The van der Waals surface area contributed by atoms with E-state index in [9.17, 15) is 0 Å². The minimum absolute atomic E-state index is 0.572. The molecule has 15 heavy (non-hydrogen) atoms. The van der Waals surface area contributed by atoms with E-state index < -0.39 is 0 Å². The highest BCUT2D eigenvalue weighted by Gasteiger charge is 1.93. The molecule has 0 aromatic carbocycles. The van der Waals surface area contributed by atoms with E-state index >= 15 is 0 Å². The Morgan fingerprint density at radius 2 is 2.40 bits per heavy atom. The van der Waals surface area contributed by atoms with Gasteiger partial charge in [0.15, 0.2) is 0 Å². The van der Waals surface area contributed by atoms with Crippen LogP contribution in [0.25, 0.3) is 0 Å². The molecule has 0 saturated carbocycles. The van der Waals surface area contributed by atoms with Crippen molar-refractivity contribution in [2.75, 3.05) is 5.32 Å². The Morgan fingerprint density at radius 1 is 1.47 bits per heavy atom. The molecule has 4 nitrogen and oxygen atoms in total. The predicted molar refractivity (Wildman–Crippen MR) is 61.0 cm³/mol. The molecule has 0 aliphatic rings. The highest BCUT2D eigenvalue weighted by molar-refractivity contribution is 7.71. The summed E-state index contributed by atoms with van der Waals surface area (Å²) < 4.78 is 0.572. The van der Waals surface area contributed by atoms with Crippen LogP contribution >= 0.6 is 12.2 Å². The van der Waals surface area contributed by atoms with Gasteiger partial charge in [-0.15, -0.1) is 0 Å². The van der Waals surface area contributed by atoms with Crippen molar-refractivity contribution in [1.82, 2.24) is 15.0 Å². The molecule has 0 saturated heterocycles. The van der Waals surface area contributed by atoms with Crippen molar-refractivity contribution in [3.8, 4) is 0 Å². The summed E-state index contributed by atoms with van der Waals surface area (Å²) in [6, 6.07) is 5.70. The molecule has 0 unspecified atom stereocenters. The monoisotopic (exact) mass is 218 g/mol. The zero-order chi connectivity index (χ0) is 10.5. The van der Waals surface area contributed by atoms with Crippen LogP contribution in [0.2, 0.25) is 0 Å². The molecule has 0 fully saturated rings. The minimum Gasteiger partial charge on any atom is -0.367 e. The molecule has 5 heteroatoms. The number of H-pyrrole nitrogens is 1. The molecule has 2 aromatic heterocycles. The predicted octanol–water partition coefficient (Wildman–Crippen LogP) is 2.15. The van der Waals surface area contributed by atoms with Crippen molar-refractivity contribution >= 4 is 18.0 Å². The Hall–Kier alpha value is -1.75. The summed E-state index contributed by atoms with van der Waals surface area (Å²) >= 11 is 4.95. The second-order valence-electron chi connectivity index (χ2n) is 3.01. The van der Waals surface area contributed by atoms with Gasteiger partial charge in [0, 0.05) is 25.0 Å². The number of aromatic nitrogens is 3. The molecule has 2 rings (SSSR count). The maximum absolute atomic E-state index is 4.95. The Kier molecular flexibility index (Phi) is 3.04. The van der Waals surface area contributed by atoms with E-state index in [-0.39, 0.29) is 0 Å². The maximum atomic E-state index is 4.95. The average molecular weight is 218 g/mol. The molecule has 2 N–H and O–H groups in total. The van der Waals surface area contributed by atoms with Crippen LogP contribution in [0, 0.1) is 4.64 Å². The third-order valence-corrected chi connectivity index (χ3v) is 2.11. The third-order valence-electron chi connectivity index (χ3n) is 1.89. The van der Waals surface area contributed by atoms with E-state index in [4.69, 9.17) is 12.2 Å². The fourth-order valence-corrected chi connectivity index (χ4v) is 1.34. The van der Waals surface area contributed by atoms with E-state index in [1.165, 1.54) is 0 Å². The van der Waals surface area contributed by atoms with Gasteiger partial charge < -0.3 is 10.3 Å². The second-order valence-corrected chi connectivity index (χ2v) is 3.43. The van der Waals surface area contributed by atoms with E-state index in [1.54, 1.807) is 18.6 Å². The molecule has 0 aliphatic heterocycles. The molecule has 0 bridgehead atoms. The van der Waals surface area contributed by atoms with Crippen molar-refractivity contribution in [3.05, 3.63) is 47.1 Å². The van der Waals surface area contributed by atoms with Gasteiger partial charge in [-0.05, 0) is 11.6 Å². The van der Waals surface area contributed by atoms with Gasteiger partial charge in [-0.3, -0.25) is 4.98 Å². The molecular weight excluding hydrogens is 208 g/mol. The molecular formula is C10H10N4S. The van der Waals surface area contributed by atoms with Gasteiger partial charge >= 0.3 is 0 Å². The highest BCUT2D eigenvalue weighted by Crippen LogP contribution is 2.03. The summed E-state index contributed by atoms with van der Waals surface area (Å²) in [5.41, 5.74) is 1.12. The number of hydrogen-bond donors (Lipinski definition) is 2. The molecule has 76 valence electrons. The Bertz CT molecular complexity index is 480. The number of nitrogens with one attached hydrogen (secondary N) is 2. The lowest BCUT2D eigenvalue weighted by molar-refractivity contribution is 1.06. The van der Waals surface area contributed by atoms with Crippen LogP contribution in [0.1, 0.15) is 5.56 Å². The molecule has 0 spiro atoms. The maximum Gasteiger partial charge on any atom is 0.131 e. The van der Waals surface area contributed by atoms with E-state index in [0.717, 1.165) is 11.4 Å². The lowest BCUT2D eigenvalue weighted by Gasteiger charge is -2.04. The number of hydrogen-bond acceptors (Lipinski definition) is 4. The van der Waals surface area contributed by atoms with Gasteiger partial charge in [-0.25, -0.2) is 4.98 Å². The first-order chi connectivity index (χ1) is 7.34. The summed E-state index contributed by atoms with van der Waals surface area (Å²) in [6.07, 6.45) is 5.15. The first kappa shape index (κ1) is 9.79. The van der Waals surface area contributed by atoms with Gasteiger partial charge in [-0.2, -0.15) is 0 Å². The van der Waals surface area contributed by atoms with Crippen molar-refractivity contribution in [2.45, 2.75) is 6.54 Å². The van der Waals surface area contributed by atoms with Crippen LogP contribution in [0.15, 0.2) is 36.9 Å². The standard InChI is InChI=1S/C10H10N4S/c15-10-4-9(13-7-14-10)12-6-8-2-1-3-11-5-8/h1-5,7H,6H2,(H2,12,13,14,15). The number of pyridine rings is 1. The summed E-state index contributed by atoms with van der Waals surface area (Å²) in [5, 5.41) is 3.20. The first-order valence-electron chi connectivity index (χ1n) is 4.52. The van der Waals surface area contributed by atoms with Gasteiger partial charge in [-0.1, -0.05) is 18.3 Å². The SMILES string of the molecule is S=c1cc(NCc2cccnc2)[nH]cn1. The highest BCUT2D eigenvalue weighted by atomic mass is 32.1. The topological polar surface area (TPSA) is 53.6 Å². The zero-order valence-electron chi connectivity index (χ0n) is 7.97. The molecule has 0 amide bonds. The Balaban J connectivity index is 2.02. The molecule has 0 radical (unpaired) electrons. The van der Waals surface area contributed by atoms with Crippen molar-refractivity contribution < 1.29 is 0 Å². The smallest absolute Gasteiger partial charge is 0.131 e. The summed E-state index contributed by atoms with van der Waals surface area (Å²) in [4.78, 5) is 10.9. The lowest BCUT2D eigenvalue weighted by Crippen LogP contribution is -2.01. The Labute approximate surface area is 92.4 Å². The normalized spacial score (nSPS) is 9.87. The van der Waals surface area contributed by atoms with Crippen LogP contribution < -0.4 is 5.32 Å². The van der Waals surface area contributed by atoms with E-state index in [2.05, 4.69) is 20.3 Å². The largest absolute Gasteiger partial charge is 0.367 e. The fourth-order valence-electron chi connectivity index (χ4n) is 1.17. The van der Waals surface area contributed by atoms with Crippen molar-refractivity contribution in [3.63, 3.8) is 0 Å². The zero-order valence-corrected chi connectivity index (χ0v) is 8.79. The lowest BCUT2D eigenvalue weighted by atomic mass is 10.3. The number of anilines is 1. The number of rotatable bonds is 3. The average Bonchev–Trinajstić information content (AvgIpc) is 2.28. The second kappa shape index (κ2) is 4.65. The van der Waals surface area contributed by atoms with Gasteiger partial charge in [0.2, 0.25) is 0 Å². The van der Waals surface area contributed by atoms with Gasteiger partial charge in [0.25, 0.3) is 0 Å². The molecule has 2 heterocycles. The van der Waals surface area contributed by atoms with Crippen LogP contribution in [0.4, 0.5) is 5.82 Å². The van der Waals surface area contributed by atoms with Crippen LogP contribution in [-0.2, 0) is 6.54 Å². The number of aromatic amines is 1. The summed E-state index contributed by atoms with van der Waals surface area (Å²) in [7, 11) is 0. The minimum atomic E-state index is 0.572. The fraction of sp³-hybridized carbons (Fsp3) is 0.100. The van der Waals surface area contributed by atoms with E-state index in [1.807, 2.05) is 18.3 Å². The summed E-state index contributed by atoms with van der Waals surface area (Å²) in [6.45, 7) is 0.711. The molecule has 0 atom stereocenters. The third kappa shape index (κ3) is 2.85. The summed E-state index contributed by atoms with van der Waals surface area (Å²) in [5.74, 6) is 0.860. The first-order valence-corrected chi connectivity index (χ1v) is 4.93. The van der Waals surface area contributed by atoms with Crippen LogP contribution in [-0.4, -0.2) is 15.0 Å². The van der Waals surface area contributed by atoms with Crippen molar-refractivity contribution in [2.24, 2.45) is 0 Å². The quantitative estimate of drug-likeness (QED) is 0.775. The number of nitrogens with zero attached hydrogens (tertiary/aromatic N) is 2. The van der Waals surface area contributed by atoms with E-state index in [0.29, 0.717) is 11.2 Å². The molecule has 2 aromatic rings. The van der Waals surface area contributed by atoms with Gasteiger partial charge in [0.1, 0.15) is 10.5 Å².